The molecule has 1 aliphatic heterocycles. The van der Waals surface area contributed by atoms with Crippen LogP contribution in [0.15, 0.2) is 47.0 Å². The maximum atomic E-state index is 4.74. The Morgan fingerprint density at radius 2 is 2.06 bits per heavy atom. The summed E-state index contributed by atoms with van der Waals surface area (Å²) in [5.74, 6) is 0. The van der Waals surface area contributed by atoms with Crippen molar-refractivity contribution < 1.29 is 0 Å². The molecule has 1 aliphatic rings. The molecule has 0 saturated heterocycles. The summed E-state index contributed by atoms with van der Waals surface area (Å²) in [4.78, 5) is 4.74. The van der Waals surface area contributed by atoms with Gasteiger partial charge in [-0.15, -0.1) is 0 Å². The number of aliphatic imine (C=N–C) groups is 1. The van der Waals surface area contributed by atoms with Gasteiger partial charge in [0, 0.05) is 0 Å². The van der Waals surface area contributed by atoms with Gasteiger partial charge in [0.1, 0.15) is 0 Å². The van der Waals surface area contributed by atoms with E-state index in [0.29, 0.717) is 15.0 Å². The van der Waals surface area contributed by atoms with Crippen LogP contribution in [0.5, 0.6) is 0 Å². The number of hydrogen-bond acceptors (Lipinski definition) is 1. The van der Waals surface area contributed by atoms with Gasteiger partial charge in [-0.2, -0.15) is 0 Å². The van der Waals surface area contributed by atoms with Gasteiger partial charge >= 0.3 is 110 Å². The topological polar surface area (TPSA) is 12.4 Å². The van der Waals surface area contributed by atoms with E-state index in [1.54, 1.807) is 5.57 Å². The monoisotopic (exact) mass is 293 g/mol. The van der Waals surface area contributed by atoms with E-state index in [1.807, 2.05) is 0 Å². The molecule has 0 bridgehead atoms. The molecule has 17 heavy (non-hydrogen) atoms. The molecule has 0 amide bonds. The van der Waals surface area contributed by atoms with E-state index in [9.17, 15) is 0 Å². The number of hydrogen-bond donors (Lipinski definition) is 0. The minimum absolute atomic E-state index is 0.620. The second-order valence-electron chi connectivity index (χ2n) is 4.21. The second kappa shape index (κ2) is 6.78. The molecule has 1 aromatic rings. The third-order valence-electron chi connectivity index (χ3n) is 2.97. The zero-order chi connectivity index (χ0) is 11.9. The van der Waals surface area contributed by atoms with Gasteiger partial charge in [-0.05, 0) is 0 Å². The summed E-state index contributed by atoms with van der Waals surface area (Å²) >= 11 is 0.620. The zero-order valence-electron chi connectivity index (χ0n) is 10.4. The first-order chi connectivity index (χ1) is 8.38. The maximum absolute atomic E-state index is 4.74. The number of benzene rings is 1. The molecule has 0 spiro atoms. The molecule has 0 N–H and O–H groups in total. The van der Waals surface area contributed by atoms with Crippen molar-refractivity contribution in [2.75, 3.05) is 6.54 Å². The molecule has 0 saturated carbocycles. The van der Waals surface area contributed by atoms with Crippen LogP contribution in [-0.4, -0.2) is 26.1 Å². The minimum atomic E-state index is 0.620. The fraction of sp³-hybridized carbons (Fsp3) is 0.400. The molecule has 0 unspecified atom stereocenters. The quantitative estimate of drug-likeness (QED) is 0.753. The van der Waals surface area contributed by atoms with E-state index in [0.717, 1.165) is 13.0 Å². The molecule has 1 aromatic carbocycles. The fourth-order valence-electron chi connectivity index (χ4n) is 1.89. The SMILES string of the molecule is CCC1=CC(=NCCc2ccccc2)[Se]CC1. The van der Waals surface area contributed by atoms with Crippen LogP contribution < -0.4 is 0 Å². The molecular weight excluding hydrogens is 273 g/mol. The van der Waals surface area contributed by atoms with Gasteiger partial charge in [-0.3, -0.25) is 0 Å². The average molecular weight is 292 g/mol. The summed E-state index contributed by atoms with van der Waals surface area (Å²) in [5, 5.41) is 1.34. The Hall–Kier alpha value is -0.851. The molecule has 0 fully saturated rings. The van der Waals surface area contributed by atoms with Crippen LogP contribution in [0.4, 0.5) is 0 Å². The fourth-order valence-corrected chi connectivity index (χ4v) is 4.00. The van der Waals surface area contributed by atoms with Crippen LogP contribution in [0.2, 0.25) is 5.32 Å². The second-order valence-corrected chi connectivity index (χ2v) is 6.55. The Bertz CT molecular complexity index is 406. The molecule has 90 valence electrons. The van der Waals surface area contributed by atoms with E-state index in [2.05, 4.69) is 43.3 Å². The van der Waals surface area contributed by atoms with Gasteiger partial charge in [0.25, 0.3) is 0 Å². The van der Waals surface area contributed by atoms with Gasteiger partial charge in [-0.1, -0.05) is 0 Å². The third kappa shape index (κ3) is 4.14. The van der Waals surface area contributed by atoms with Crippen LogP contribution in [-0.2, 0) is 6.42 Å². The summed E-state index contributed by atoms with van der Waals surface area (Å²) in [7, 11) is 0. The number of allylic oxidation sites excluding steroid dienone is 2. The normalized spacial score (nSPS) is 18.2. The van der Waals surface area contributed by atoms with Crippen LogP contribution in [0.25, 0.3) is 0 Å². The summed E-state index contributed by atoms with van der Waals surface area (Å²) in [6, 6.07) is 10.6. The number of nitrogens with zero attached hydrogens (tertiary/aromatic N) is 1. The molecule has 1 nitrogen and oxygen atoms in total. The Morgan fingerprint density at radius 3 is 2.82 bits per heavy atom. The Labute approximate surface area is 110 Å². The molecular formula is C15H19NSe. The van der Waals surface area contributed by atoms with Gasteiger partial charge in [-0.25, -0.2) is 0 Å². The molecule has 0 aliphatic carbocycles. The first-order valence-electron chi connectivity index (χ1n) is 6.29. The average Bonchev–Trinajstić information content (AvgIpc) is 2.40. The Kier molecular flexibility index (Phi) is 5.03. The standard InChI is InChI=1S/C15H19NSe/c1-2-13-9-11-17-15(12-13)16-10-8-14-6-4-3-5-7-14/h3-7,12H,2,8-11H2,1H3. The molecule has 2 rings (SSSR count). The van der Waals surface area contributed by atoms with Crippen molar-refractivity contribution in [3.8, 4) is 0 Å². The summed E-state index contributed by atoms with van der Waals surface area (Å²) in [6.07, 6.45) is 5.90. The third-order valence-corrected chi connectivity index (χ3v) is 4.96. The van der Waals surface area contributed by atoms with Crippen molar-refractivity contribution >= 4 is 19.6 Å². The van der Waals surface area contributed by atoms with Crippen LogP contribution >= 0.6 is 0 Å². The van der Waals surface area contributed by atoms with Gasteiger partial charge in [0.05, 0.1) is 0 Å². The van der Waals surface area contributed by atoms with Crippen molar-refractivity contribution in [2.24, 2.45) is 4.99 Å². The van der Waals surface area contributed by atoms with Gasteiger partial charge in [0.15, 0.2) is 0 Å². The van der Waals surface area contributed by atoms with Crippen molar-refractivity contribution in [3.63, 3.8) is 0 Å². The Morgan fingerprint density at radius 1 is 1.24 bits per heavy atom. The van der Waals surface area contributed by atoms with Gasteiger partial charge < -0.3 is 0 Å². The van der Waals surface area contributed by atoms with E-state index in [-0.39, 0.29) is 0 Å². The molecule has 1 heterocycles. The summed E-state index contributed by atoms with van der Waals surface area (Å²) < 4.78 is 1.37. The van der Waals surface area contributed by atoms with Crippen LogP contribution in [0, 0.1) is 0 Å². The van der Waals surface area contributed by atoms with E-state index in [1.165, 1.54) is 28.3 Å². The van der Waals surface area contributed by atoms with Crippen molar-refractivity contribution in [1.29, 1.82) is 0 Å². The van der Waals surface area contributed by atoms with Gasteiger partial charge in [0.2, 0.25) is 0 Å². The first kappa shape index (κ1) is 12.6. The van der Waals surface area contributed by atoms with Crippen molar-refractivity contribution in [3.05, 3.63) is 47.5 Å². The predicted molar refractivity (Wildman–Crippen MR) is 76.0 cm³/mol. The van der Waals surface area contributed by atoms with Crippen molar-refractivity contribution in [1.82, 2.24) is 0 Å². The predicted octanol–water partition coefficient (Wildman–Crippen LogP) is 3.49. The molecule has 0 radical (unpaired) electrons. The molecule has 0 aromatic heterocycles. The zero-order valence-corrected chi connectivity index (χ0v) is 12.1. The summed E-state index contributed by atoms with van der Waals surface area (Å²) in [5.41, 5.74) is 2.97. The molecule has 0 atom stereocenters. The van der Waals surface area contributed by atoms with Crippen LogP contribution in [0.3, 0.4) is 0 Å². The van der Waals surface area contributed by atoms with Crippen LogP contribution in [0.1, 0.15) is 25.3 Å². The summed E-state index contributed by atoms with van der Waals surface area (Å²) in [6.45, 7) is 3.18. The molecule has 2 heteroatoms. The Balaban J connectivity index is 1.88. The van der Waals surface area contributed by atoms with E-state index >= 15 is 0 Å². The first-order valence-corrected chi connectivity index (χ1v) is 8.36. The number of rotatable bonds is 4. The van der Waals surface area contributed by atoms with E-state index < -0.39 is 0 Å². The van der Waals surface area contributed by atoms with E-state index in [4.69, 9.17) is 4.99 Å². The van der Waals surface area contributed by atoms with Crippen molar-refractivity contribution in [2.45, 2.75) is 31.5 Å².